The summed E-state index contributed by atoms with van der Waals surface area (Å²) in [4.78, 5) is 15.8. The van der Waals surface area contributed by atoms with Gasteiger partial charge in [0.25, 0.3) is 0 Å². The van der Waals surface area contributed by atoms with Crippen LogP contribution in [0.3, 0.4) is 0 Å². The molecule has 3 aromatic rings. The Labute approximate surface area is 203 Å². The topological polar surface area (TPSA) is 60.9 Å². The fourth-order valence-corrected chi connectivity index (χ4v) is 3.34. The number of nitriles is 1. The van der Waals surface area contributed by atoms with Gasteiger partial charge in [-0.25, -0.2) is 0 Å². The van der Waals surface area contributed by atoms with Crippen molar-refractivity contribution in [3.63, 3.8) is 0 Å². The summed E-state index contributed by atoms with van der Waals surface area (Å²) in [6.45, 7) is 0. The molecule has 0 N–H and O–H groups in total. The van der Waals surface area contributed by atoms with Crippen LogP contribution in [0.15, 0.2) is 80.5 Å². The summed E-state index contributed by atoms with van der Waals surface area (Å²) in [7, 11) is 9.53. The van der Waals surface area contributed by atoms with Crippen LogP contribution in [0.1, 0.15) is 9.75 Å². The third kappa shape index (κ3) is 8.93. The Morgan fingerprint density at radius 2 is 1.33 bits per heavy atom. The molecule has 10 heteroatoms. The molecule has 2 aromatic carbocycles. The summed E-state index contributed by atoms with van der Waals surface area (Å²) in [6.07, 6.45) is 3.65. The normalized spacial score (nSPS) is 10.4. The second kappa shape index (κ2) is 14.3. The molecule has 0 saturated carbocycles. The van der Waals surface area contributed by atoms with Gasteiger partial charge in [0.2, 0.25) is 0 Å². The zero-order valence-corrected chi connectivity index (χ0v) is 20.1. The summed E-state index contributed by atoms with van der Waals surface area (Å²) in [5.41, 5.74) is 2.45. The second-order valence-electron chi connectivity index (χ2n) is 5.21. The van der Waals surface area contributed by atoms with Crippen molar-refractivity contribution in [3.05, 3.63) is 70.4 Å². The first kappa shape index (κ1) is 24.5. The summed E-state index contributed by atoms with van der Waals surface area (Å²) >= 11 is 7.52. The van der Waals surface area contributed by atoms with Gasteiger partial charge in [-0.2, -0.15) is 10.3 Å². The van der Waals surface area contributed by atoms with Gasteiger partial charge in [-0.3, -0.25) is 9.98 Å². The van der Waals surface area contributed by atoms with Crippen molar-refractivity contribution >= 4 is 90.2 Å². The Balaban J connectivity index is 0.00000101. The van der Waals surface area contributed by atoms with E-state index >= 15 is 0 Å². The number of thioether (sulfide) groups is 1. The summed E-state index contributed by atoms with van der Waals surface area (Å²) < 4.78 is 0. The summed E-state index contributed by atoms with van der Waals surface area (Å²) in [5.74, 6) is 0. The van der Waals surface area contributed by atoms with Crippen LogP contribution in [0.25, 0.3) is 0 Å². The quantitative estimate of drug-likeness (QED) is 0.107. The van der Waals surface area contributed by atoms with E-state index in [1.165, 1.54) is 0 Å². The number of aliphatic imine (C=N–C) groups is 3. The van der Waals surface area contributed by atoms with Gasteiger partial charge in [0.15, 0.2) is 0 Å². The molecule has 0 aliphatic carbocycles. The predicted octanol–water partition coefficient (Wildman–Crippen LogP) is 7.93. The van der Waals surface area contributed by atoms with Crippen LogP contribution in [0, 0.1) is 10.7 Å². The van der Waals surface area contributed by atoms with Crippen LogP contribution in [0.2, 0.25) is 0 Å². The molecular weight excluding hydrogens is 519 g/mol. The molecule has 0 amide bonds. The molecule has 0 aliphatic rings. The number of hydrogen-bond acceptors (Lipinski definition) is 7. The first-order chi connectivity index (χ1) is 14.7. The molecule has 1 heterocycles. The first-order valence-electron chi connectivity index (χ1n) is 8.05. The van der Waals surface area contributed by atoms with E-state index in [9.17, 15) is 0 Å². The Bertz CT molecular complexity index is 1080. The third-order valence-electron chi connectivity index (χ3n) is 3.35. The average Bonchev–Trinajstić information content (AvgIpc) is 3.22. The van der Waals surface area contributed by atoms with Crippen molar-refractivity contribution < 1.29 is 13.1 Å². The van der Waals surface area contributed by atoms with Crippen LogP contribution in [0.4, 0.5) is 17.1 Å². The maximum absolute atomic E-state index is 8.66. The number of thiocyanates is 1. The number of thiophene rings is 1. The Kier molecular flexibility index (Phi) is 11.6. The number of isothiocyanates is 1. The number of rotatable bonds is 6. The zero-order valence-electron chi connectivity index (χ0n) is 15.1. The molecule has 4 nitrogen and oxygen atoms in total. The average molecular weight is 531 g/mol. The number of hydrogen-bond donors (Lipinski definition) is 0. The van der Waals surface area contributed by atoms with E-state index in [1.54, 1.807) is 11.3 Å². The van der Waals surface area contributed by atoms with Gasteiger partial charge in [-0.1, -0.05) is 0 Å². The summed E-state index contributed by atoms with van der Waals surface area (Å²) in [5, 5.41) is 13.1. The van der Waals surface area contributed by atoms with Gasteiger partial charge in [-0.05, 0) is 84.6 Å². The van der Waals surface area contributed by atoms with Gasteiger partial charge >= 0.3 is 33.3 Å². The van der Waals surface area contributed by atoms with Gasteiger partial charge in [-0.15, -0.1) is 11.3 Å². The Morgan fingerprint density at radius 1 is 0.867 bits per heavy atom. The maximum atomic E-state index is 8.66. The summed E-state index contributed by atoms with van der Waals surface area (Å²) in [6, 6.07) is 19.0. The molecule has 0 atom stereocenters. The van der Waals surface area contributed by atoms with Crippen LogP contribution in [0.5, 0.6) is 0 Å². The monoisotopic (exact) mass is 530 g/mol. The van der Waals surface area contributed by atoms with Gasteiger partial charge in [0.05, 0.1) is 22.2 Å². The minimum absolute atomic E-state index is 0.194. The van der Waals surface area contributed by atoms with Gasteiger partial charge < -0.3 is 0 Å². The van der Waals surface area contributed by atoms with E-state index in [-0.39, 0.29) is 13.1 Å². The minimum atomic E-state index is 0.194. The molecule has 152 valence electrons. The van der Waals surface area contributed by atoms with E-state index in [0.29, 0.717) is 0 Å². The Hall–Kier alpha value is -1.78. The second-order valence-corrected chi connectivity index (χ2v) is 9.23. The number of thiocarbonyl (C=S) groups is 1. The molecule has 0 radical (unpaired) electrons. The van der Waals surface area contributed by atoms with Crippen LogP contribution < -0.4 is 0 Å². The molecule has 0 aliphatic heterocycles. The fraction of sp³-hybridized carbons (Fsp3) is 0. The van der Waals surface area contributed by atoms with Crippen LogP contribution in [-0.2, 0) is 13.1 Å². The van der Waals surface area contributed by atoms with E-state index < -0.39 is 0 Å². The standard InChI is InChI=1S/C20H12N4S3.2ClH.Fe/c21-13-26-18-7-5-16(6-8-18)23-12-20-10-9-19(27-20)11-22-15-1-3-17(4-2-15)24-14-25;;;/h1-12H;2*1H;/q;;;+2/p-2. The third-order valence-corrected chi connectivity index (χ3v) is 5.00. The van der Waals surface area contributed by atoms with Crippen molar-refractivity contribution in [2.45, 2.75) is 4.90 Å². The van der Waals surface area contributed by atoms with Gasteiger partial charge in [0.1, 0.15) is 5.40 Å². The Morgan fingerprint density at radius 3 is 1.80 bits per heavy atom. The SMILES string of the molecule is N#CSc1ccc(N=Cc2ccc(C=Nc3ccc(N=C=S)cc3)s2)cc1.[Cl][Fe][Cl]. The van der Waals surface area contributed by atoms with Gasteiger partial charge in [0, 0.05) is 27.1 Å². The van der Waals surface area contributed by atoms with Crippen molar-refractivity contribution in [3.8, 4) is 5.40 Å². The van der Waals surface area contributed by atoms with E-state index in [0.717, 1.165) is 43.5 Å². The van der Waals surface area contributed by atoms with Crippen LogP contribution in [-0.4, -0.2) is 17.6 Å². The van der Waals surface area contributed by atoms with Crippen molar-refractivity contribution in [2.24, 2.45) is 15.0 Å². The van der Waals surface area contributed by atoms with Crippen molar-refractivity contribution in [1.82, 2.24) is 0 Å². The molecule has 0 fully saturated rings. The molecule has 0 unspecified atom stereocenters. The zero-order chi connectivity index (χ0) is 21.6. The van der Waals surface area contributed by atoms with E-state index in [2.05, 4.69) is 37.8 Å². The molecule has 0 saturated heterocycles. The predicted molar refractivity (Wildman–Crippen MR) is 130 cm³/mol. The number of benzene rings is 2. The molecule has 0 bridgehead atoms. The first-order valence-corrected chi connectivity index (χ1v) is 13.1. The van der Waals surface area contributed by atoms with E-state index in [1.807, 2.05) is 73.1 Å². The van der Waals surface area contributed by atoms with Crippen molar-refractivity contribution in [2.75, 3.05) is 0 Å². The number of halogens is 2. The van der Waals surface area contributed by atoms with Crippen molar-refractivity contribution in [1.29, 1.82) is 5.26 Å². The molecule has 1 aromatic heterocycles. The molecule has 3 rings (SSSR count). The van der Waals surface area contributed by atoms with E-state index in [4.69, 9.17) is 25.5 Å². The molecular formula is C20H12Cl2FeN4S3. The molecule has 0 spiro atoms. The number of nitrogens with zero attached hydrogens (tertiary/aromatic N) is 4. The molecule has 30 heavy (non-hydrogen) atoms. The fourth-order valence-electron chi connectivity index (χ4n) is 2.10. The van der Waals surface area contributed by atoms with Crippen LogP contribution >= 0.6 is 55.5 Å².